The molecular weight excluding hydrogens is 207 g/mol. The third-order valence-electron chi connectivity index (χ3n) is 2.52. The number of carbonyl (C=O) groups excluding carboxylic acids is 1. The van der Waals surface area contributed by atoms with Crippen LogP contribution in [0.1, 0.15) is 12.5 Å². The lowest BCUT2D eigenvalue weighted by Gasteiger charge is -2.20. The van der Waals surface area contributed by atoms with E-state index in [2.05, 4.69) is 0 Å². The molecule has 1 unspecified atom stereocenters. The van der Waals surface area contributed by atoms with Gasteiger partial charge in [0.25, 0.3) is 0 Å². The third-order valence-corrected chi connectivity index (χ3v) is 2.52. The summed E-state index contributed by atoms with van der Waals surface area (Å²) in [6.07, 6.45) is 0. The molecular formula is C12H17FN2O. The van der Waals surface area contributed by atoms with Gasteiger partial charge in [-0.25, -0.2) is 4.39 Å². The van der Waals surface area contributed by atoms with Gasteiger partial charge in [-0.3, -0.25) is 4.79 Å². The molecule has 0 saturated heterocycles. The second-order valence-corrected chi connectivity index (χ2v) is 3.92. The number of rotatable bonds is 4. The quantitative estimate of drug-likeness (QED) is 0.839. The lowest BCUT2D eigenvalue weighted by Crippen LogP contribution is -2.34. The number of halogens is 1. The van der Waals surface area contributed by atoms with Crippen LogP contribution in [0.3, 0.4) is 0 Å². The zero-order chi connectivity index (χ0) is 12.1. The summed E-state index contributed by atoms with van der Waals surface area (Å²) in [5, 5.41) is 0. The van der Waals surface area contributed by atoms with E-state index in [4.69, 9.17) is 5.73 Å². The van der Waals surface area contributed by atoms with E-state index in [-0.39, 0.29) is 24.2 Å². The van der Waals surface area contributed by atoms with Gasteiger partial charge in [-0.2, -0.15) is 0 Å². The molecule has 88 valence electrons. The van der Waals surface area contributed by atoms with Crippen LogP contribution in [-0.2, 0) is 11.3 Å². The molecule has 1 aromatic carbocycles. The average Bonchev–Trinajstić information content (AvgIpc) is 2.30. The molecule has 1 aromatic rings. The lowest BCUT2D eigenvalue weighted by atomic mass is 10.1. The van der Waals surface area contributed by atoms with Crippen molar-refractivity contribution >= 4 is 5.91 Å². The molecule has 0 spiro atoms. The van der Waals surface area contributed by atoms with Crippen LogP contribution in [0.15, 0.2) is 24.3 Å². The van der Waals surface area contributed by atoms with Crippen LogP contribution in [0, 0.1) is 11.7 Å². The Balaban J connectivity index is 2.68. The molecule has 1 atom stereocenters. The third kappa shape index (κ3) is 3.03. The van der Waals surface area contributed by atoms with Crippen molar-refractivity contribution in [2.75, 3.05) is 13.6 Å². The van der Waals surface area contributed by atoms with Crippen molar-refractivity contribution in [1.82, 2.24) is 4.90 Å². The SMILES string of the molecule is CC(CN)C(=O)N(C)Cc1ccccc1F. The molecule has 1 rings (SSSR count). The molecule has 0 aliphatic heterocycles. The molecule has 1 amide bonds. The Morgan fingerprint density at radius 1 is 1.50 bits per heavy atom. The van der Waals surface area contributed by atoms with E-state index in [1.807, 2.05) is 0 Å². The average molecular weight is 224 g/mol. The van der Waals surface area contributed by atoms with Crippen LogP contribution in [0.25, 0.3) is 0 Å². The normalized spacial score (nSPS) is 12.2. The molecule has 0 aliphatic carbocycles. The van der Waals surface area contributed by atoms with E-state index in [0.29, 0.717) is 12.1 Å². The molecule has 0 heterocycles. The summed E-state index contributed by atoms with van der Waals surface area (Å²) in [6.45, 7) is 2.34. The predicted molar refractivity (Wildman–Crippen MR) is 61.1 cm³/mol. The first-order valence-corrected chi connectivity index (χ1v) is 5.24. The summed E-state index contributed by atoms with van der Waals surface area (Å²) in [5.74, 6) is -0.579. The second kappa shape index (κ2) is 5.61. The standard InChI is InChI=1S/C12H17FN2O/c1-9(7-14)12(16)15(2)8-10-5-3-4-6-11(10)13/h3-6,9H,7-8,14H2,1-2H3. The highest BCUT2D eigenvalue weighted by atomic mass is 19.1. The minimum absolute atomic E-state index is 0.0641. The summed E-state index contributed by atoms with van der Waals surface area (Å²) in [4.78, 5) is 13.2. The summed E-state index contributed by atoms with van der Waals surface area (Å²) in [5.41, 5.74) is 5.93. The van der Waals surface area contributed by atoms with Crippen molar-refractivity contribution in [3.05, 3.63) is 35.6 Å². The molecule has 3 nitrogen and oxygen atoms in total. The Hall–Kier alpha value is -1.42. The van der Waals surface area contributed by atoms with Gasteiger partial charge in [0, 0.05) is 31.6 Å². The first-order chi connectivity index (χ1) is 7.56. The van der Waals surface area contributed by atoms with Crippen molar-refractivity contribution in [2.24, 2.45) is 11.7 Å². The maximum atomic E-state index is 13.3. The Morgan fingerprint density at radius 3 is 2.69 bits per heavy atom. The van der Waals surface area contributed by atoms with Gasteiger partial charge in [-0.05, 0) is 6.07 Å². The highest BCUT2D eigenvalue weighted by Crippen LogP contribution is 2.10. The van der Waals surface area contributed by atoms with E-state index in [1.54, 1.807) is 32.2 Å². The molecule has 0 radical (unpaired) electrons. The molecule has 0 aromatic heterocycles. The minimum atomic E-state index is -0.289. The van der Waals surface area contributed by atoms with Crippen LogP contribution in [-0.4, -0.2) is 24.4 Å². The zero-order valence-corrected chi connectivity index (χ0v) is 9.61. The van der Waals surface area contributed by atoms with Gasteiger partial charge in [-0.1, -0.05) is 25.1 Å². The van der Waals surface area contributed by atoms with Crippen molar-refractivity contribution in [2.45, 2.75) is 13.5 Å². The number of hydrogen-bond donors (Lipinski definition) is 1. The van der Waals surface area contributed by atoms with Crippen LogP contribution in [0.4, 0.5) is 4.39 Å². The Morgan fingerprint density at radius 2 is 2.12 bits per heavy atom. The number of hydrogen-bond acceptors (Lipinski definition) is 2. The van der Waals surface area contributed by atoms with E-state index in [1.165, 1.54) is 11.0 Å². The minimum Gasteiger partial charge on any atom is -0.341 e. The number of carbonyl (C=O) groups is 1. The maximum absolute atomic E-state index is 13.3. The molecule has 4 heteroatoms. The second-order valence-electron chi connectivity index (χ2n) is 3.92. The summed E-state index contributed by atoms with van der Waals surface area (Å²) >= 11 is 0. The van der Waals surface area contributed by atoms with Crippen molar-refractivity contribution in [1.29, 1.82) is 0 Å². The first kappa shape index (κ1) is 12.6. The van der Waals surface area contributed by atoms with Gasteiger partial charge < -0.3 is 10.6 Å². The van der Waals surface area contributed by atoms with Gasteiger partial charge in [0.1, 0.15) is 5.82 Å². The monoisotopic (exact) mass is 224 g/mol. The number of amides is 1. The fraction of sp³-hybridized carbons (Fsp3) is 0.417. The number of nitrogens with zero attached hydrogens (tertiary/aromatic N) is 1. The fourth-order valence-corrected chi connectivity index (χ4v) is 1.44. The van der Waals surface area contributed by atoms with Crippen molar-refractivity contribution in [3.63, 3.8) is 0 Å². The van der Waals surface area contributed by atoms with Crippen LogP contribution < -0.4 is 5.73 Å². The summed E-state index contributed by atoms with van der Waals surface area (Å²) < 4.78 is 13.3. The topological polar surface area (TPSA) is 46.3 Å². The maximum Gasteiger partial charge on any atom is 0.226 e. The molecule has 0 bridgehead atoms. The fourth-order valence-electron chi connectivity index (χ4n) is 1.44. The highest BCUT2D eigenvalue weighted by molar-refractivity contribution is 5.78. The van der Waals surface area contributed by atoms with Crippen LogP contribution in [0.5, 0.6) is 0 Å². The van der Waals surface area contributed by atoms with Gasteiger partial charge in [0.05, 0.1) is 0 Å². The van der Waals surface area contributed by atoms with Crippen LogP contribution >= 0.6 is 0 Å². The van der Waals surface area contributed by atoms with E-state index < -0.39 is 0 Å². The van der Waals surface area contributed by atoms with Gasteiger partial charge in [0.15, 0.2) is 0 Å². The smallest absolute Gasteiger partial charge is 0.226 e. The van der Waals surface area contributed by atoms with E-state index in [9.17, 15) is 9.18 Å². The van der Waals surface area contributed by atoms with Crippen molar-refractivity contribution in [3.8, 4) is 0 Å². The zero-order valence-electron chi connectivity index (χ0n) is 9.61. The molecule has 2 N–H and O–H groups in total. The van der Waals surface area contributed by atoms with Gasteiger partial charge in [0.2, 0.25) is 5.91 Å². The Bertz CT molecular complexity index is 368. The number of benzene rings is 1. The van der Waals surface area contributed by atoms with Crippen molar-refractivity contribution < 1.29 is 9.18 Å². The van der Waals surface area contributed by atoms with E-state index in [0.717, 1.165) is 0 Å². The first-order valence-electron chi connectivity index (χ1n) is 5.24. The number of nitrogens with two attached hydrogens (primary N) is 1. The summed E-state index contributed by atoms with van der Waals surface area (Å²) in [6, 6.07) is 6.44. The molecule has 0 fully saturated rings. The molecule has 0 saturated carbocycles. The summed E-state index contributed by atoms with van der Waals surface area (Å²) in [7, 11) is 1.65. The van der Waals surface area contributed by atoms with Gasteiger partial charge >= 0.3 is 0 Å². The predicted octanol–water partition coefficient (Wildman–Crippen LogP) is 1.38. The Kier molecular flexibility index (Phi) is 4.43. The van der Waals surface area contributed by atoms with Gasteiger partial charge in [-0.15, -0.1) is 0 Å². The molecule has 16 heavy (non-hydrogen) atoms. The largest absolute Gasteiger partial charge is 0.341 e. The molecule has 0 aliphatic rings. The van der Waals surface area contributed by atoms with Crippen LogP contribution in [0.2, 0.25) is 0 Å². The highest BCUT2D eigenvalue weighted by Gasteiger charge is 2.16. The lowest BCUT2D eigenvalue weighted by molar-refractivity contribution is -0.133. The van der Waals surface area contributed by atoms with E-state index >= 15 is 0 Å². The Labute approximate surface area is 95.0 Å².